The molecule has 1 aliphatic rings. The van der Waals surface area contributed by atoms with Crippen molar-refractivity contribution >= 4 is 0 Å². The molecule has 1 aromatic rings. The summed E-state index contributed by atoms with van der Waals surface area (Å²) in [7, 11) is 1.96. The topological polar surface area (TPSA) is 39.1 Å². The van der Waals surface area contributed by atoms with Crippen LogP contribution < -0.4 is 5.32 Å². The first-order chi connectivity index (χ1) is 8.28. The fourth-order valence-corrected chi connectivity index (χ4v) is 2.50. The highest BCUT2D eigenvalue weighted by molar-refractivity contribution is 5.01. The quantitative estimate of drug-likeness (QED) is 0.815. The number of aromatic nitrogens is 2. The Morgan fingerprint density at radius 1 is 1.65 bits per heavy atom. The summed E-state index contributed by atoms with van der Waals surface area (Å²) in [6, 6.07) is 2.58. The maximum absolute atomic E-state index is 5.71. The molecule has 1 aromatic heterocycles. The van der Waals surface area contributed by atoms with Crippen LogP contribution in [0.2, 0.25) is 0 Å². The number of nitrogens with one attached hydrogen (secondary N) is 1. The molecule has 0 aliphatic carbocycles. The van der Waals surface area contributed by atoms with Crippen molar-refractivity contribution in [3.8, 4) is 0 Å². The van der Waals surface area contributed by atoms with Crippen LogP contribution in [0.15, 0.2) is 12.3 Å². The highest BCUT2D eigenvalue weighted by atomic mass is 16.5. The van der Waals surface area contributed by atoms with Crippen LogP contribution in [0.25, 0.3) is 0 Å². The fraction of sp³-hybridized carbons (Fsp3) is 0.769. The fourth-order valence-electron chi connectivity index (χ4n) is 2.50. The predicted octanol–water partition coefficient (Wildman–Crippen LogP) is 1.51. The molecule has 0 amide bonds. The second-order valence-electron chi connectivity index (χ2n) is 4.81. The van der Waals surface area contributed by atoms with Crippen LogP contribution in [0.4, 0.5) is 0 Å². The van der Waals surface area contributed by atoms with Crippen LogP contribution in [0.5, 0.6) is 0 Å². The molecule has 1 N–H and O–H groups in total. The van der Waals surface area contributed by atoms with E-state index in [4.69, 9.17) is 4.74 Å². The molecule has 0 saturated carbocycles. The van der Waals surface area contributed by atoms with Crippen LogP contribution in [0, 0.1) is 0 Å². The smallest absolute Gasteiger partial charge is 0.0640 e. The number of likely N-dealkylation sites (N-methyl/N-ethyl adjacent to an activating group) is 1. The lowest BCUT2D eigenvalue weighted by atomic mass is 10.0. The first kappa shape index (κ1) is 12.6. The van der Waals surface area contributed by atoms with Crippen molar-refractivity contribution in [1.82, 2.24) is 15.1 Å². The number of hydrogen-bond donors (Lipinski definition) is 1. The van der Waals surface area contributed by atoms with E-state index >= 15 is 0 Å². The average Bonchev–Trinajstić information content (AvgIpc) is 2.91. The number of hydrogen-bond acceptors (Lipinski definition) is 3. The molecule has 1 fully saturated rings. The van der Waals surface area contributed by atoms with Crippen molar-refractivity contribution in [3.05, 3.63) is 18.0 Å². The number of rotatable bonds is 6. The van der Waals surface area contributed by atoms with E-state index < -0.39 is 0 Å². The van der Waals surface area contributed by atoms with Gasteiger partial charge in [-0.3, -0.25) is 4.68 Å². The summed E-state index contributed by atoms with van der Waals surface area (Å²) in [5.74, 6) is 0. The largest absolute Gasteiger partial charge is 0.378 e. The van der Waals surface area contributed by atoms with Gasteiger partial charge < -0.3 is 10.1 Å². The van der Waals surface area contributed by atoms with Gasteiger partial charge in [0.15, 0.2) is 0 Å². The Kier molecular flexibility index (Phi) is 4.57. The Morgan fingerprint density at radius 3 is 3.12 bits per heavy atom. The highest BCUT2D eigenvalue weighted by Gasteiger charge is 2.21. The Morgan fingerprint density at radius 2 is 2.53 bits per heavy atom. The van der Waals surface area contributed by atoms with Gasteiger partial charge in [-0.05, 0) is 31.9 Å². The summed E-state index contributed by atoms with van der Waals surface area (Å²) in [5, 5.41) is 7.98. The molecular formula is C13H23N3O. The van der Waals surface area contributed by atoms with Crippen LogP contribution >= 0.6 is 0 Å². The van der Waals surface area contributed by atoms with E-state index in [0.29, 0.717) is 12.1 Å². The minimum Gasteiger partial charge on any atom is -0.378 e. The third-order valence-corrected chi connectivity index (χ3v) is 3.29. The molecule has 0 bridgehead atoms. The van der Waals surface area contributed by atoms with Crippen LogP contribution in [-0.2, 0) is 18.2 Å². The van der Waals surface area contributed by atoms with Crippen molar-refractivity contribution in [3.63, 3.8) is 0 Å². The molecule has 4 nitrogen and oxygen atoms in total. The van der Waals surface area contributed by atoms with Gasteiger partial charge in [0.2, 0.25) is 0 Å². The standard InChI is InChI=1S/C13H23N3O/c1-3-14-12(10-13-5-4-8-17-13)9-11-6-7-16(2)15-11/h6-7,12-14H,3-5,8-10H2,1-2H3. The molecule has 1 saturated heterocycles. The van der Waals surface area contributed by atoms with Crippen LogP contribution in [-0.4, -0.2) is 35.1 Å². The molecule has 0 spiro atoms. The van der Waals surface area contributed by atoms with Gasteiger partial charge in [-0.2, -0.15) is 5.10 Å². The van der Waals surface area contributed by atoms with E-state index in [1.165, 1.54) is 12.8 Å². The second-order valence-corrected chi connectivity index (χ2v) is 4.81. The maximum atomic E-state index is 5.71. The highest BCUT2D eigenvalue weighted by Crippen LogP contribution is 2.18. The van der Waals surface area contributed by atoms with E-state index in [1.807, 2.05) is 17.9 Å². The van der Waals surface area contributed by atoms with Gasteiger partial charge in [0.25, 0.3) is 0 Å². The number of aryl methyl sites for hydroxylation is 1. The summed E-state index contributed by atoms with van der Waals surface area (Å²) in [4.78, 5) is 0. The first-order valence-corrected chi connectivity index (χ1v) is 6.61. The summed E-state index contributed by atoms with van der Waals surface area (Å²) in [5.41, 5.74) is 1.16. The molecular weight excluding hydrogens is 214 g/mol. The van der Waals surface area contributed by atoms with Gasteiger partial charge in [-0.15, -0.1) is 0 Å². The summed E-state index contributed by atoms with van der Waals surface area (Å²) < 4.78 is 7.57. The van der Waals surface area contributed by atoms with E-state index in [2.05, 4.69) is 23.4 Å². The minimum atomic E-state index is 0.447. The molecule has 0 aromatic carbocycles. The van der Waals surface area contributed by atoms with Crippen molar-refractivity contribution in [2.45, 2.75) is 44.8 Å². The Bertz CT molecular complexity index is 331. The Hall–Kier alpha value is -0.870. The predicted molar refractivity (Wildman–Crippen MR) is 68.0 cm³/mol. The lowest BCUT2D eigenvalue weighted by Gasteiger charge is -2.20. The second kappa shape index (κ2) is 6.17. The third kappa shape index (κ3) is 3.82. The third-order valence-electron chi connectivity index (χ3n) is 3.29. The molecule has 96 valence electrons. The van der Waals surface area contributed by atoms with E-state index in [0.717, 1.165) is 31.7 Å². The molecule has 1 aliphatic heterocycles. The zero-order valence-electron chi connectivity index (χ0n) is 10.9. The Labute approximate surface area is 103 Å². The maximum Gasteiger partial charge on any atom is 0.0640 e. The van der Waals surface area contributed by atoms with Crippen molar-refractivity contribution in [2.24, 2.45) is 7.05 Å². The van der Waals surface area contributed by atoms with Gasteiger partial charge in [0, 0.05) is 32.3 Å². The van der Waals surface area contributed by atoms with Crippen molar-refractivity contribution < 1.29 is 4.74 Å². The van der Waals surface area contributed by atoms with Crippen molar-refractivity contribution in [1.29, 1.82) is 0 Å². The van der Waals surface area contributed by atoms with Gasteiger partial charge in [-0.1, -0.05) is 6.92 Å². The van der Waals surface area contributed by atoms with Gasteiger partial charge in [0.05, 0.1) is 11.8 Å². The lowest BCUT2D eigenvalue weighted by molar-refractivity contribution is 0.0946. The lowest BCUT2D eigenvalue weighted by Crippen LogP contribution is -2.34. The number of ether oxygens (including phenoxy) is 1. The zero-order chi connectivity index (χ0) is 12.1. The van der Waals surface area contributed by atoms with Crippen molar-refractivity contribution in [2.75, 3.05) is 13.2 Å². The Balaban J connectivity index is 1.87. The normalized spacial score (nSPS) is 21.9. The van der Waals surface area contributed by atoms with Gasteiger partial charge in [0.1, 0.15) is 0 Å². The molecule has 2 unspecified atom stereocenters. The van der Waals surface area contributed by atoms with Gasteiger partial charge >= 0.3 is 0 Å². The van der Waals surface area contributed by atoms with E-state index in [-0.39, 0.29) is 0 Å². The van der Waals surface area contributed by atoms with E-state index in [9.17, 15) is 0 Å². The molecule has 2 heterocycles. The van der Waals surface area contributed by atoms with Gasteiger partial charge in [-0.25, -0.2) is 0 Å². The SMILES string of the molecule is CCNC(Cc1ccn(C)n1)CC1CCCO1. The average molecular weight is 237 g/mol. The summed E-state index contributed by atoms with van der Waals surface area (Å²) in [6.07, 6.45) is 6.98. The minimum absolute atomic E-state index is 0.447. The first-order valence-electron chi connectivity index (χ1n) is 6.61. The zero-order valence-corrected chi connectivity index (χ0v) is 10.9. The van der Waals surface area contributed by atoms with Crippen LogP contribution in [0.3, 0.4) is 0 Å². The summed E-state index contributed by atoms with van der Waals surface area (Å²) in [6.45, 7) is 4.10. The molecule has 2 rings (SSSR count). The molecule has 0 radical (unpaired) electrons. The molecule has 4 heteroatoms. The molecule has 2 atom stereocenters. The monoisotopic (exact) mass is 237 g/mol. The number of nitrogens with zero attached hydrogens (tertiary/aromatic N) is 2. The van der Waals surface area contributed by atoms with Crippen LogP contribution in [0.1, 0.15) is 31.9 Å². The summed E-state index contributed by atoms with van der Waals surface area (Å²) >= 11 is 0. The van der Waals surface area contributed by atoms with E-state index in [1.54, 1.807) is 0 Å². The molecule has 17 heavy (non-hydrogen) atoms.